The van der Waals surface area contributed by atoms with E-state index in [4.69, 9.17) is 4.74 Å². The molecule has 2 saturated heterocycles. The van der Waals surface area contributed by atoms with Crippen LogP contribution in [0, 0.1) is 11.8 Å². The van der Waals surface area contributed by atoms with Gasteiger partial charge in [0.1, 0.15) is 5.41 Å². The number of nitrogens with zero attached hydrogens (tertiary/aromatic N) is 1. The third kappa shape index (κ3) is 2.22. The number of aromatic amines is 1. The molecule has 2 aromatic rings. The van der Waals surface area contributed by atoms with Gasteiger partial charge in [-0.2, -0.15) is 0 Å². The quantitative estimate of drug-likeness (QED) is 0.813. The van der Waals surface area contributed by atoms with E-state index in [9.17, 15) is 14.7 Å². The van der Waals surface area contributed by atoms with Gasteiger partial charge in [0.05, 0.1) is 7.11 Å². The standard InChI is InChI=1S/C21H24N2O4/c1-27-20(26)21-10-12-8-13(9-17(24)25)19(21)23(11-12)7-6-15-14-4-2-3-5-16(14)22-18(15)21/h2-5,12-13,19,22H,6-11H2,1H3,(H,24,25). The fourth-order valence-electron chi connectivity index (χ4n) is 6.30. The molecule has 1 aromatic heterocycles. The van der Waals surface area contributed by atoms with Crippen LogP contribution in [-0.2, 0) is 26.2 Å². The van der Waals surface area contributed by atoms with Crippen molar-refractivity contribution in [1.29, 1.82) is 0 Å². The number of carbonyl (C=O) groups excluding carboxylic acids is 1. The Morgan fingerprint density at radius 3 is 2.96 bits per heavy atom. The summed E-state index contributed by atoms with van der Waals surface area (Å²) in [5.74, 6) is -0.739. The number of hydrogen-bond donors (Lipinski definition) is 2. The number of carboxylic acids is 1. The predicted octanol–water partition coefficient (Wildman–Crippen LogP) is 2.32. The van der Waals surface area contributed by atoms with Crippen molar-refractivity contribution in [2.24, 2.45) is 11.8 Å². The van der Waals surface area contributed by atoms with E-state index in [1.165, 1.54) is 12.7 Å². The first-order chi connectivity index (χ1) is 13.0. The van der Waals surface area contributed by atoms with Crippen LogP contribution in [0.3, 0.4) is 0 Å². The summed E-state index contributed by atoms with van der Waals surface area (Å²) in [4.78, 5) is 30.8. The number of hydrogen-bond acceptors (Lipinski definition) is 4. The Bertz CT molecular complexity index is 935. The van der Waals surface area contributed by atoms with Crippen LogP contribution in [0.5, 0.6) is 0 Å². The van der Waals surface area contributed by atoms with E-state index >= 15 is 0 Å². The number of rotatable bonds is 3. The van der Waals surface area contributed by atoms with Crippen LogP contribution in [0.4, 0.5) is 0 Å². The Hall–Kier alpha value is -2.34. The van der Waals surface area contributed by atoms with Crippen molar-refractivity contribution >= 4 is 22.8 Å². The van der Waals surface area contributed by atoms with Gasteiger partial charge in [-0.3, -0.25) is 14.5 Å². The van der Waals surface area contributed by atoms with Gasteiger partial charge in [0.2, 0.25) is 0 Å². The van der Waals surface area contributed by atoms with Crippen molar-refractivity contribution in [3.63, 3.8) is 0 Å². The Kier molecular flexibility index (Phi) is 3.63. The lowest BCUT2D eigenvalue weighted by Gasteiger charge is -2.57. The number of methoxy groups -OCH3 is 1. The van der Waals surface area contributed by atoms with Gasteiger partial charge in [-0.1, -0.05) is 18.2 Å². The maximum Gasteiger partial charge on any atom is 0.319 e. The summed E-state index contributed by atoms with van der Waals surface area (Å²) in [5.41, 5.74) is 2.39. The number of nitrogens with one attached hydrogen (secondary N) is 1. The zero-order valence-electron chi connectivity index (χ0n) is 15.4. The highest BCUT2D eigenvalue weighted by Gasteiger charge is 2.63. The minimum absolute atomic E-state index is 0.0357. The number of para-hydroxylation sites is 1. The molecule has 2 N–H and O–H groups in total. The highest BCUT2D eigenvalue weighted by atomic mass is 16.5. The highest BCUT2D eigenvalue weighted by molar-refractivity contribution is 5.91. The van der Waals surface area contributed by atoms with Gasteiger partial charge in [0.25, 0.3) is 0 Å². The van der Waals surface area contributed by atoms with E-state index in [0.717, 1.165) is 48.9 Å². The number of H-pyrrole nitrogens is 1. The van der Waals surface area contributed by atoms with Crippen molar-refractivity contribution < 1.29 is 19.4 Å². The molecule has 5 atom stereocenters. The first-order valence-corrected chi connectivity index (χ1v) is 9.69. The minimum atomic E-state index is -0.805. The van der Waals surface area contributed by atoms with Gasteiger partial charge in [-0.05, 0) is 42.7 Å². The third-order valence-corrected chi connectivity index (χ3v) is 6.98. The van der Waals surface area contributed by atoms with Crippen molar-refractivity contribution in [1.82, 2.24) is 9.88 Å². The fraction of sp³-hybridized carbons (Fsp3) is 0.524. The first-order valence-electron chi connectivity index (χ1n) is 9.69. The summed E-state index contributed by atoms with van der Waals surface area (Å²) in [5, 5.41) is 10.6. The summed E-state index contributed by atoms with van der Waals surface area (Å²) in [6.07, 6.45) is 2.58. The molecule has 4 bridgehead atoms. The number of benzene rings is 1. The highest BCUT2D eigenvalue weighted by Crippen LogP contribution is 2.55. The molecular weight excluding hydrogens is 344 g/mol. The Morgan fingerprint density at radius 1 is 1.37 bits per heavy atom. The number of carbonyl (C=O) groups is 2. The van der Waals surface area contributed by atoms with Crippen LogP contribution in [0.25, 0.3) is 10.9 Å². The Labute approximate surface area is 157 Å². The topological polar surface area (TPSA) is 82.6 Å². The fourth-order valence-corrected chi connectivity index (χ4v) is 6.30. The second-order valence-electron chi connectivity index (χ2n) is 8.34. The summed E-state index contributed by atoms with van der Waals surface area (Å²) in [6, 6.07) is 8.05. The van der Waals surface area contributed by atoms with Gasteiger partial charge in [0, 0.05) is 42.1 Å². The molecule has 6 rings (SSSR count). The van der Waals surface area contributed by atoms with Gasteiger partial charge in [-0.15, -0.1) is 0 Å². The van der Waals surface area contributed by atoms with Crippen LogP contribution in [0.2, 0.25) is 0 Å². The second-order valence-corrected chi connectivity index (χ2v) is 8.34. The molecular formula is C21H24N2O4. The molecule has 3 aliphatic heterocycles. The molecule has 4 aliphatic rings. The van der Waals surface area contributed by atoms with Crippen molar-refractivity contribution in [3.05, 3.63) is 35.5 Å². The van der Waals surface area contributed by atoms with Crippen molar-refractivity contribution in [3.8, 4) is 0 Å². The monoisotopic (exact) mass is 368 g/mol. The number of aromatic nitrogens is 1. The Balaban J connectivity index is 1.76. The number of ether oxygens (including phenoxy) is 1. The molecule has 1 saturated carbocycles. The van der Waals surface area contributed by atoms with E-state index < -0.39 is 11.4 Å². The molecule has 1 aromatic carbocycles. The molecule has 3 fully saturated rings. The lowest BCUT2D eigenvalue weighted by molar-refractivity contribution is -0.164. The second kappa shape index (κ2) is 5.83. The molecule has 6 heteroatoms. The van der Waals surface area contributed by atoms with Gasteiger partial charge in [-0.25, -0.2) is 0 Å². The SMILES string of the molecule is COC(=O)C12CC3CC(CC(=O)O)C1N(CCc1c2[nH]c2ccccc12)C3. The van der Waals surface area contributed by atoms with E-state index in [1.807, 2.05) is 18.2 Å². The molecule has 5 unspecified atom stereocenters. The number of carboxylic acid groups (broad SMARTS) is 1. The molecule has 6 nitrogen and oxygen atoms in total. The van der Waals surface area contributed by atoms with Crippen LogP contribution < -0.4 is 0 Å². The maximum atomic E-state index is 13.3. The van der Waals surface area contributed by atoms with Crippen molar-refractivity contribution in [2.75, 3.05) is 20.2 Å². The Morgan fingerprint density at radius 2 is 2.19 bits per heavy atom. The summed E-state index contributed by atoms with van der Waals surface area (Å²) < 4.78 is 5.35. The molecule has 142 valence electrons. The average Bonchev–Trinajstić information content (AvgIpc) is 2.99. The van der Waals surface area contributed by atoms with Gasteiger partial charge < -0.3 is 14.8 Å². The molecule has 1 aliphatic carbocycles. The van der Waals surface area contributed by atoms with E-state index in [0.29, 0.717) is 5.92 Å². The number of aliphatic carboxylic acids is 1. The average molecular weight is 368 g/mol. The number of esters is 1. The molecule has 27 heavy (non-hydrogen) atoms. The van der Waals surface area contributed by atoms with Crippen LogP contribution in [-0.4, -0.2) is 53.2 Å². The largest absolute Gasteiger partial charge is 0.481 e. The normalized spacial score (nSPS) is 34.1. The van der Waals surface area contributed by atoms with Crippen LogP contribution in [0.1, 0.15) is 30.5 Å². The lowest BCUT2D eigenvalue weighted by atomic mass is 9.56. The number of piperidine rings is 2. The molecule has 0 radical (unpaired) electrons. The molecule has 4 heterocycles. The van der Waals surface area contributed by atoms with E-state index in [-0.39, 0.29) is 24.3 Å². The summed E-state index contributed by atoms with van der Waals surface area (Å²) in [6.45, 7) is 1.80. The number of fused-ring (bicyclic) bond motifs is 4. The first kappa shape index (κ1) is 16.8. The van der Waals surface area contributed by atoms with E-state index in [2.05, 4.69) is 16.0 Å². The van der Waals surface area contributed by atoms with Crippen molar-refractivity contribution in [2.45, 2.75) is 37.1 Å². The maximum absolute atomic E-state index is 13.3. The van der Waals surface area contributed by atoms with Gasteiger partial charge in [0.15, 0.2) is 0 Å². The summed E-state index contributed by atoms with van der Waals surface area (Å²) in [7, 11) is 1.45. The zero-order valence-corrected chi connectivity index (χ0v) is 15.4. The zero-order chi connectivity index (χ0) is 18.8. The van der Waals surface area contributed by atoms with Crippen LogP contribution in [0.15, 0.2) is 24.3 Å². The lowest BCUT2D eigenvalue weighted by Crippen LogP contribution is -2.67. The predicted molar refractivity (Wildman–Crippen MR) is 99.5 cm³/mol. The van der Waals surface area contributed by atoms with Gasteiger partial charge >= 0.3 is 11.9 Å². The molecule has 0 amide bonds. The van der Waals surface area contributed by atoms with Crippen LogP contribution >= 0.6 is 0 Å². The molecule has 0 spiro atoms. The third-order valence-electron chi connectivity index (χ3n) is 6.98. The van der Waals surface area contributed by atoms with E-state index in [1.54, 1.807) is 0 Å². The minimum Gasteiger partial charge on any atom is -0.481 e. The smallest absolute Gasteiger partial charge is 0.319 e. The summed E-state index contributed by atoms with van der Waals surface area (Å²) >= 11 is 0.